The molecule has 0 aromatic heterocycles. The molecular formula is C18H21ClN2O3. The Morgan fingerprint density at radius 1 is 1.38 bits per heavy atom. The van der Waals surface area contributed by atoms with E-state index in [9.17, 15) is 15.0 Å². The largest absolute Gasteiger partial charge is 0.508 e. The van der Waals surface area contributed by atoms with Crippen molar-refractivity contribution in [3.63, 3.8) is 0 Å². The smallest absolute Gasteiger partial charge is 0.228 e. The number of nitrogens with zero attached hydrogens (tertiary/aromatic N) is 1. The topological polar surface area (TPSA) is 72.8 Å². The van der Waals surface area contributed by atoms with Crippen LogP contribution in [0.25, 0.3) is 0 Å². The van der Waals surface area contributed by atoms with E-state index < -0.39 is 0 Å². The van der Waals surface area contributed by atoms with E-state index in [1.54, 1.807) is 12.1 Å². The maximum atomic E-state index is 12.1. The van der Waals surface area contributed by atoms with Crippen molar-refractivity contribution in [2.45, 2.75) is 37.8 Å². The SMILES string of the molecule is O=C(Cc1cc(Cl)ccc1O)NC1=CCN([C@H]2CCC[C@@H]2O)C=C1. The van der Waals surface area contributed by atoms with Gasteiger partial charge < -0.3 is 20.4 Å². The molecule has 24 heavy (non-hydrogen) atoms. The van der Waals surface area contributed by atoms with E-state index in [0.717, 1.165) is 25.0 Å². The number of phenolic OH excluding ortho intramolecular Hbond substituents is 1. The Labute approximate surface area is 146 Å². The summed E-state index contributed by atoms with van der Waals surface area (Å²) in [4.78, 5) is 14.2. The van der Waals surface area contributed by atoms with Crippen LogP contribution in [-0.2, 0) is 11.2 Å². The van der Waals surface area contributed by atoms with Crippen LogP contribution in [0.3, 0.4) is 0 Å². The van der Waals surface area contributed by atoms with E-state index in [2.05, 4.69) is 10.2 Å². The maximum Gasteiger partial charge on any atom is 0.228 e. The number of aliphatic hydroxyl groups is 1. The lowest BCUT2D eigenvalue weighted by molar-refractivity contribution is -0.119. The van der Waals surface area contributed by atoms with Gasteiger partial charge in [-0.05, 0) is 49.6 Å². The van der Waals surface area contributed by atoms with E-state index in [-0.39, 0.29) is 30.2 Å². The number of hydrogen-bond donors (Lipinski definition) is 3. The molecule has 0 spiro atoms. The molecule has 0 unspecified atom stereocenters. The summed E-state index contributed by atoms with van der Waals surface area (Å²) in [6, 6.07) is 4.81. The quantitative estimate of drug-likeness (QED) is 0.781. The number of carbonyl (C=O) groups excluding carboxylic acids is 1. The van der Waals surface area contributed by atoms with Gasteiger partial charge in [0, 0.05) is 29.0 Å². The molecule has 1 fully saturated rings. The number of carbonyl (C=O) groups is 1. The maximum absolute atomic E-state index is 12.1. The van der Waals surface area contributed by atoms with Gasteiger partial charge in [-0.3, -0.25) is 4.79 Å². The van der Waals surface area contributed by atoms with Crippen LogP contribution in [0.2, 0.25) is 5.02 Å². The molecule has 2 atom stereocenters. The second-order valence-corrected chi connectivity index (χ2v) is 6.67. The predicted octanol–water partition coefficient (Wildman–Crippen LogP) is 2.33. The van der Waals surface area contributed by atoms with E-state index in [0.29, 0.717) is 17.1 Å². The molecule has 1 heterocycles. The molecular weight excluding hydrogens is 328 g/mol. The average Bonchev–Trinajstić information content (AvgIpc) is 2.98. The highest BCUT2D eigenvalue weighted by atomic mass is 35.5. The lowest BCUT2D eigenvalue weighted by atomic mass is 10.1. The number of rotatable bonds is 4. The number of hydrogen-bond acceptors (Lipinski definition) is 4. The van der Waals surface area contributed by atoms with Crippen LogP contribution >= 0.6 is 11.6 Å². The van der Waals surface area contributed by atoms with Gasteiger partial charge in [0.2, 0.25) is 5.91 Å². The molecule has 1 amide bonds. The molecule has 2 aliphatic rings. The number of aliphatic hydroxyl groups excluding tert-OH is 1. The molecule has 1 aromatic carbocycles. The number of nitrogens with one attached hydrogen (secondary N) is 1. The second-order valence-electron chi connectivity index (χ2n) is 6.24. The molecule has 0 bridgehead atoms. The predicted molar refractivity (Wildman–Crippen MR) is 92.5 cm³/mol. The van der Waals surface area contributed by atoms with Crippen molar-refractivity contribution in [1.29, 1.82) is 0 Å². The van der Waals surface area contributed by atoms with Gasteiger partial charge in [-0.25, -0.2) is 0 Å². The average molecular weight is 349 g/mol. The van der Waals surface area contributed by atoms with Gasteiger partial charge >= 0.3 is 0 Å². The Morgan fingerprint density at radius 2 is 2.21 bits per heavy atom. The Balaban J connectivity index is 1.55. The first-order chi connectivity index (χ1) is 11.5. The van der Waals surface area contributed by atoms with E-state index >= 15 is 0 Å². The number of benzene rings is 1. The van der Waals surface area contributed by atoms with Gasteiger partial charge in [0.25, 0.3) is 0 Å². The van der Waals surface area contributed by atoms with Gasteiger partial charge in [-0.15, -0.1) is 0 Å². The van der Waals surface area contributed by atoms with Crippen molar-refractivity contribution in [2.75, 3.05) is 6.54 Å². The zero-order valence-corrected chi connectivity index (χ0v) is 14.0. The van der Waals surface area contributed by atoms with Crippen molar-refractivity contribution >= 4 is 17.5 Å². The molecule has 6 heteroatoms. The standard InChI is InChI=1S/C18H21ClN2O3/c19-13-4-5-16(22)12(10-13)11-18(24)20-14-6-8-21(9-7-14)15-2-1-3-17(15)23/h4-8,10,15,17,22-23H,1-3,9,11H2,(H,20,24)/t15-,17-/m0/s1. The van der Waals surface area contributed by atoms with Crippen LogP contribution in [0.1, 0.15) is 24.8 Å². The summed E-state index contributed by atoms with van der Waals surface area (Å²) in [5.41, 5.74) is 1.22. The molecule has 5 nitrogen and oxygen atoms in total. The second kappa shape index (κ2) is 7.28. The Kier molecular flexibility index (Phi) is 5.11. The summed E-state index contributed by atoms with van der Waals surface area (Å²) in [6.45, 7) is 0.663. The van der Waals surface area contributed by atoms with Crippen LogP contribution in [0.15, 0.2) is 42.2 Å². The third-order valence-corrected chi connectivity index (χ3v) is 4.75. The first kappa shape index (κ1) is 16.9. The van der Waals surface area contributed by atoms with Gasteiger partial charge in [0.15, 0.2) is 0 Å². The minimum Gasteiger partial charge on any atom is -0.508 e. The molecule has 1 saturated carbocycles. The highest BCUT2D eigenvalue weighted by Crippen LogP contribution is 2.26. The zero-order chi connectivity index (χ0) is 17.1. The third-order valence-electron chi connectivity index (χ3n) is 4.51. The third kappa shape index (κ3) is 3.91. The molecule has 0 radical (unpaired) electrons. The molecule has 1 aromatic rings. The van der Waals surface area contributed by atoms with Crippen LogP contribution in [0.4, 0.5) is 0 Å². The Hall–Kier alpha value is -1.98. The first-order valence-electron chi connectivity index (χ1n) is 8.12. The molecule has 1 aliphatic heterocycles. The van der Waals surface area contributed by atoms with Gasteiger partial charge in [0.1, 0.15) is 5.75 Å². The normalized spacial score (nSPS) is 23.2. The van der Waals surface area contributed by atoms with Crippen LogP contribution in [-0.4, -0.2) is 39.7 Å². The molecule has 3 N–H and O–H groups in total. The number of allylic oxidation sites excluding steroid dienone is 1. The number of phenols is 1. The van der Waals surface area contributed by atoms with Crippen molar-refractivity contribution < 1.29 is 15.0 Å². The summed E-state index contributed by atoms with van der Waals surface area (Å²) >= 11 is 5.89. The number of amides is 1. The van der Waals surface area contributed by atoms with Crippen molar-refractivity contribution in [3.8, 4) is 5.75 Å². The Morgan fingerprint density at radius 3 is 2.88 bits per heavy atom. The van der Waals surface area contributed by atoms with Crippen molar-refractivity contribution in [3.05, 3.63) is 52.8 Å². The Bertz CT molecular complexity index is 687. The van der Waals surface area contributed by atoms with E-state index in [1.165, 1.54) is 6.07 Å². The fourth-order valence-electron chi connectivity index (χ4n) is 3.23. The van der Waals surface area contributed by atoms with Crippen LogP contribution in [0.5, 0.6) is 5.75 Å². The molecule has 128 valence electrons. The lowest BCUT2D eigenvalue weighted by Crippen LogP contribution is -2.38. The fraction of sp³-hybridized carbons (Fsp3) is 0.389. The van der Waals surface area contributed by atoms with Gasteiger partial charge in [-0.1, -0.05) is 11.6 Å². The number of halogens is 1. The summed E-state index contributed by atoms with van der Waals surface area (Å²) in [6.07, 6.45) is 8.37. The minimum atomic E-state index is -0.273. The number of aromatic hydroxyl groups is 1. The zero-order valence-electron chi connectivity index (χ0n) is 13.3. The van der Waals surface area contributed by atoms with Crippen molar-refractivity contribution in [1.82, 2.24) is 10.2 Å². The van der Waals surface area contributed by atoms with Gasteiger partial charge in [-0.2, -0.15) is 0 Å². The highest BCUT2D eigenvalue weighted by molar-refractivity contribution is 6.30. The first-order valence-corrected chi connectivity index (χ1v) is 8.50. The highest BCUT2D eigenvalue weighted by Gasteiger charge is 2.29. The summed E-state index contributed by atoms with van der Waals surface area (Å²) in [7, 11) is 0. The molecule has 1 aliphatic carbocycles. The van der Waals surface area contributed by atoms with Crippen LogP contribution in [0, 0.1) is 0 Å². The fourth-order valence-corrected chi connectivity index (χ4v) is 3.42. The molecule has 3 rings (SSSR count). The monoisotopic (exact) mass is 348 g/mol. The molecule has 0 saturated heterocycles. The summed E-state index contributed by atoms with van der Waals surface area (Å²) in [5.74, 6) is -0.151. The lowest BCUT2D eigenvalue weighted by Gasteiger charge is -2.31. The van der Waals surface area contributed by atoms with Crippen LogP contribution < -0.4 is 5.32 Å². The van der Waals surface area contributed by atoms with E-state index in [1.807, 2.05) is 18.4 Å². The van der Waals surface area contributed by atoms with Gasteiger partial charge in [0.05, 0.1) is 18.6 Å². The van der Waals surface area contributed by atoms with Crippen molar-refractivity contribution in [2.24, 2.45) is 0 Å². The summed E-state index contributed by atoms with van der Waals surface area (Å²) < 4.78 is 0. The van der Waals surface area contributed by atoms with E-state index in [4.69, 9.17) is 11.6 Å². The summed E-state index contributed by atoms with van der Waals surface area (Å²) in [5, 5.41) is 23.1. The minimum absolute atomic E-state index is 0.0582.